The van der Waals surface area contributed by atoms with Gasteiger partial charge >= 0.3 is 0 Å². The van der Waals surface area contributed by atoms with Crippen molar-refractivity contribution < 1.29 is 13.6 Å². The smallest absolute Gasteiger partial charge is 0.257 e. The van der Waals surface area contributed by atoms with Crippen molar-refractivity contribution in [2.24, 2.45) is 0 Å². The van der Waals surface area contributed by atoms with Gasteiger partial charge in [-0.1, -0.05) is 6.92 Å². The maximum atomic E-state index is 13.4. The Bertz CT molecular complexity index is 441. The molecule has 0 bridgehead atoms. The molecule has 1 atom stereocenters. The van der Waals surface area contributed by atoms with E-state index in [1.165, 1.54) is 6.07 Å². The van der Waals surface area contributed by atoms with Crippen LogP contribution < -0.4 is 0 Å². The van der Waals surface area contributed by atoms with Crippen LogP contribution in [0.4, 0.5) is 8.78 Å². The second-order valence-corrected chi connectivity index (χ2v) is 5.44. The highest BCUT2D eigenvalue weighted by Gasteiger charge is 2.25. The molecule has 6 heteroatoms. The highest BCUT2D eigenvalue weighted by Crippen LogP contribution is 2.20. The largest absolute Gasteiger partial charge is 0.337 e. The van der Waals surface area contributed by atoms with E-state index in [1.807, 2.05) is 6.92 Å². The standard InChI is InChI=1S/C11H12F2N2OS/c1-7-6-15(4-5-17-7)11(16)8-2-3-14-10(13)9(8)12/h2-3,7H,4-6H2,1H3. The Morgan fingerprint density at radius 3 is 3.06 bits per heavy atom. The van der Waals surface area contributed by atoms with Gasteiger partial charge in [-0.2, -0.15) is 16.2 Å². The molecule has 1 aromatic rings. The van der Waals surface area contributed by atoms with Crippen LogP contribution in [-0.2, 0) is 0 Å². The Morgan fingerprint density at radius 2 is 2.35 bits per heavy atom. The molecule has 1 unspecified atom stereocenters. The van der Waals surface area contributed by atoms with E-state index in [-0.39, 0.29) is 5.56 Å². The summed E-state index contributed by atoms with van der Waals surface area (Å²) in [5.41, 5.74) is -0.239. The predicted octanol–water partition coefficient (Wildman–Crippen LogP) is 1.94. The summed E-state index contributed by atoms with van der Waals surface area (Å²) in [6, 6.07) is 1.22. The Balaban J connectivity index is 2.22. The summed E-state index contributed by atoms with van der Waals surface area (Å²) >= 11 is 1.77. The molecular formula is C11H12F2N2OS. The van der Waals surface area contributed by atoms with Crippen molar-refractivity contribution >= 4 is 17.7 Å². The minimum atomic E-state index is -1.23. The van der Waals surface area contributed by atoms with E-state index in [9.17, 15) is 13.6 Å². The minimum Gasteiger partial charge on any atom is -0.337 e. The van der Waals surface area contributed by atoms with E-state index in [1.54, 1.807) is 16.7 Å². The van der Waals surface area contributed by atoms with E-state index in [0.29, 0.717) is 18.3 Å². The highest BCUT2D eigenvalue weighted by molar-refractivity contribution is 7.99. The molecule has 2 rings (SSSR count). The molecule has 1 aromatic heterocycles. The lowest BCUT2D eigenvalue weighted by Gasteiger charge is -2.30. The average molecular weight is 258 g/mol. The number of nitrogens with zero attached hydrogens (tertiary/aromatic N) is 2. The number of pyridine rings is 1. The molecule has 1 fully saturated rings. The third-order valence-electron chi connectivity index (χ3n) is 2.61. The van der Waals surface area contributed by atoms with E-state index >= 15 is 0 Å². The van der Waals surface area contributed by atoms with Gasteiger partial charge in [0.15, 0.2) is 5.82 Å². The fraction of sp³-hybridized carbons (Fsp3) is 0.455. The van der Waals surface area contributed by atoms with Crippen LogP contribution in [0.1, 0.15) is 17.3 Å². The summed E-state index contributed by atoms with van der Waals surface area (Å²) in [7, 11) is 0. The van der Waals surface area contributed by atoms with Crippen LogP contribution in [0.3, 0.4) is 0 Å². The number of hydrogen-bond acceptors (Lipinski definition) is 3. The number of rotatable bonds is 1. The molecule has 0 aromatic carbocycles. The number of amides is 1. The number of hydrogen-bond donors (Lipinski definition) is 0. The number of carbonyl (C=O) groups is 1. The molecular weight excluding hydrogens is 246 g/mol. The first kappa shape index (κ1) is 12.3. The van der Waals surface area contributed by atoms with Crippen molar-refractivity contribution in [3.8, 4) is 0 Å². The summed E-state index contributed by atoms with van der Waals surface area (Å²) < 4.78 is 26.3. The second-order valence-electron chi connectivity index (χ2n) is 3.90. The van der Waals surface area contributed by atoms with Gasteiger partial charge in [0.05, 0.1) is 5.56 Å². The molecule has 0 radical (unpaired) electrons. The van der Waals surface area contributed by atoms with Crippen molar-refractivity contribution in [1.82, 2.24) is 9.88 Å². The van der Waals surface area contributed by atoms with Crippen molar-refractivity contribution in [2.75, 3.05) is 18.8 Å². The van der Waals surface area contributed by atoms with Gasteiger partial charge in [-0.15, -0.1) is 0 Å². The van der Waals surface area contributed by atoms with Crippen LogP contribution in [0.5, 0.6) is 0 Å². The molecule has 0 aliphatic carbocycles. The van der Waals surface area contributed by atoms with E-state index in [2.05, 4.69) is 4.98 Å². The first-order valence-electron chi connectivity index (χ1n) is 5.30. The molecule has 17 heavy (non-hydrogen) atoms. The Hall–Kier alpha value is -1.17. The Morgan fingerprint density at radius 1 is 1.59 bits per heavy atom. The van der Waals surface area contributed by atoms with E-state index < -0.39 is 17.7 Å². The van der Waals surface area contributed by atoms with Crippen molar-refractivity contribution in [3.63, 3.8) is 0 Å². The van der Waals surface area contributed by atoms with Gasteiger partial charge in [0, 0.05) is 30.3 Å². The van der Waals surface area contributed by atoms with Gasteiger partial charge < -0.3 is 4.90 Å². The van der Waals surface area contributed by atoms with Gasteiger partial charge in [0.2, 0.25) is 5.95 Å². The minimum absolute atomic E-state index is 0.239. The molecule has 2 heterocycles. The third-order valence-corrected chi connectivity index (χ3v) is 3.74. The fourth-order valence-corrected chi connectivity index (χ4v) is 2.77. The maximum absolute atomic E-state index is 13.4. The fourth-order valence-electron chi connectivity index (χ4n) is 1.76. The summed E-state index contributed by atoms with van der Waals surface area (Å²) in [6.07, 6.45) is 1.10. The van der Waals surface area contributed by atoms with Crippen LogP contribution in [0.15, 0.2) is 12.3 Å². The van der Waals surface area contributed by atoms with Gasteiger partial charge in [0.25, 0.3) is 5.91 Å². The number of thioether (sulfide) groups is 1. The Labute approximate surface area is 102 Å². The maximum Gasteiger partial charge on any atom is 0.257 e. The second kappa shape index (κ2) is 5.00. The van der Waals surface area contributed by atoms with Gasteiger partial charge in [-0.05, 0) is 6.07 Å². The van der Waals surface area contributed by atoms with Gasteiger partial charge in [0.1, 0.15) is 0 Å². The van der Waals surface area contributed by atoms with Gasteiger partial charge in [-0.3, -0.25) is 4.79 Å². The topological polar surface area (TPSA) is 33.2 Å². The average Bonchev–Trinajstić information content (AvgIpc) is 2.32. The van der Waals surface area contributed by atoms with Crippen LogP contribution in [0.25, 0.3) is 0 Å². The first-order chi connectivity index (χ1) is 8.09. The van der Waals surface area contributed by atoms with Crippen LogP contribution >= 0.6 is 11.8 Å². The van der Waals surface area contributed by atoms with Crippen molar-refractivity contribution in [1.29, 1.82) is 0 Å². The zero-order valence-corrected chi connectivity index (χ0v) is 10.1. The van der Waals surface area contributed by atoms with Gasteiger partial charge in [-0.25, -0.2) is 9.37 Å². The van der Waals surface area contributed by atoms with Crippen LogP contribution in [0.2, 0.25) is 0 Å². The molecule has 1 aliphatic heterocycles. The monoisotopic (exact) mass is 258 g/mol. The lowest BCUT2D eigenvalue weighted by molar-refractivity contribution is 0.0757. The summed E-state index contributed by atoms with van der Waals surface area (Å²) in [4.78, 5) is 16.7. The van der Waals surface area contributed by atoms with E-state index in [4.69, 9.17) is 0 Å². The van der Waals surface area contributed by atoms with Crippen molar-refractivity contribution in [2.45, 2.75) is 12.2 Å². The third kappa shape index (κ3) is 2.57. The number of halogens is 2. The summed E-state index contributed by atoms with van der Waals surface area (Å²) in [6.45, 7) is 3.14. The molecule has 1 aliphatic rings. The molecule has 0 N–H and O–H groups in total. The lowest BCUT2D eigenvalue weighted by atomic mass is 10.2. The van der Waals surface area contributed by atoms with Crippen LogP contribution in [0, 0.1) is 11.8 Å². The molecule has 92 valence electrons. The molecule has 0 spiro atoms. The number of carbonyl (C=O) groups excluding carboxylic acids is 1. The lowest BCUT2D eigenvalue weighted by Crippen LogP contribution is -2.41. The zero-order chi connectivity index (χ0) is 12.4. The molecule has 1 amide bonds. The normalized spacial score (nSPS) is 20.4. The quantitative estimate of drug-likeness (QED) is 0.722. The highest BCUT2D eigenvalue weighted by atomic mass is 32.2. The zero-order valence-electron chi connectivity index (χ0n) is 9.32. The first-order valence-corrected chi connectivity index (χ1v) is 6.35. The molecule has 0 saturated carbocycles. The summed E-state index contributed by atoms with van der Waals surface area (Å²) in [5.74, 6) is -2.03. The Kier molecular flexibility index (Phi) is 3.61. The molecule has 3 nitrogen and oxygen atoms in total. The van der Waals surface area contributed by atoms with Crippen LogP contribution in [-0.4, -0.2) is 39.9 Å². The predicted molar refractivity (Wildman–Crippen MR) is 62.0 cm³/mol. The SMILES string of the molecule is CC1CN(C(=O)c2ccnc(F)c2F)CCS1. The van der Waals surface area contributed by atoms with Crippen molar-refractivity contribution in [3.05, 3.63) is 29.6 Å². The van der Waals surface area contributed by atoms with E-state index in [0.717, 1.165) is 11.9 Å². The summed E-state index contributed by atoms with van der Waals surface area (Å²) in [5, 5.41) is 0.322. The number of aromatic nitrogens is 1. The molecule has 1 saturated heterocycles.